The Morgan fingerprint density at radius 1 is 1.15 bits per heavy atom. The lowest BCUT2D eigenvalue weighted by Crippen LogP contribution is -2.20. The smallest absolute Gasteiger partial charge is 0.166 e. The van der Waals surface area contributed by atoms with E-state index in [4.69, 9.17) is 16.6 Å². The van der Waals surface area contributed by atoms with Gasteiger partial charge in [0.1, 0.15) is 5.75 Å². The molecule has 5 nitrogen and oxygen atoms in total. The summed E-state index contributed by atoms with van der Waals surface area (Å²) in [4.78, 5) is 0. The van der Waals surface area contributed by atoms with E-state index in [-0.39, 0.29) is 23.6 Å². The summed E-state index contributed by atoms with van der Waals surface area (Å²) in [7, 11) is 0. The molecule has 5 heteroatoms. The molecule has 1 aromatic rings. The Bertz CT molecular complexity index is 315. The van der Waals surface area contributed by atoms with Crippen molar-refractivity contribution < 1.29 is 15.3 Å². The van der Waals surface area contributed by atoms with Crippen molar-refractivity contribution in [3.8, 4) is 17.2 Å². The average molecular weight is 184 g/mol. The van der Waals surface area contributed by atoms with Crippen LogP contribution in [0.4, 0.5) is 0 Å². The minimum atomic E-state index is -0.688. The molecule has 0 spiro atoms. The summed E-state index contributed by atoms with van der Waals surface area (Å²) < 4.78 is 0. The standard InChI is InChI=1S/C8H12N2O3/c9-3-4(10)7-5(11)1-2-6(12)8(7)13/h1-2,4,11-13H,3,9-10H2. The summed E-state index contributed by atoms with van der Waals surface area (Å²) in [5, 5.41) is 27.8. The zero-order valence-electron chi connectivity index (χ0n) is 6.94. The first kappa shape index (κ1) is 9.63. The van der Waals surface area contributed by atoms with Crippen LogP contribution in [0.1, 0.15) is 11.6 Å². The fraction of sp³-hybridized carbons (Fsp3) is 0.250. The Balaban J connectivity index is 3.25. The lowest BCUT2D eigenvalue weighted by molar-refractivity contribution is 0.384. The van der Waals surface area contributed by atoms with Crippen LogP contribution in [0.25, 0.3) is 0 Å². The number of benzene rings is 1. The predicted molar refractivity (Wildman–Crippen MR) is 47.4 cm³/mol. The molecule has 0 heterocycles. The normalized spacial score (nSPS) is 12.8. The van der Waals surface area contributed by atoms with Crippen LogP contribution in [0.15, 0.2) is 12.1 Å². The van der Waals surface area contributed by atoms with E-state index >= 15 is 0 Å². The summed E-state index contributed by atoms with van der Waals surface area (Å²) in [5.74, 6) is -0.914. The summed E-state index contributed by atoms with van der Waals surface area (Å²) in [5.41, 5.74) is 10.8. The third kappa shape index (κ3) is 1.66. The van der Waals surface area contributed by atoms with Gasteiger partial charge in [-0.3, -0.25) is 0 Å². The molecule has 0 saturated carbocycles. The predicted octanol–water partition coefficient (Wildman–Crippen LogP) is -0.238. The number of hydrogen-bond acceptors (Lipinski definition) is 5. The molecule has 1 atom stereocenters. The highest BCUT2D eigenvalue weighted by Gasteiger charge is 2.17. The van der Waals surface area contributed by atoms with E-state index in [0.29, 0.717) is 0 Å². The first-order valence-corrected chi connectivity index (χ1v) is 3.77. The van der Waals surface area contributed by atoms with Crippen molar-refractivity contribution in [2.75, 3.05) is 6.54 Å². The minimum absolute atomic E-state index is 0.0718. The van der Waals surface area contributed by atoms with E-state index in [9.17, 15) is 10.2 Å². The highest BCUT2D eigenvalue weighted by Crippen LogP contribution is 2.37. The number of nitrogens with two attached hydrogens (primary N) is 2. The second-order valence-corrected chi connectivity index (χ2v) is 2.71. The first-order chi connectivity index (χ1) is 6.07. The van der Waals surface area contributed by atoms with Crippen molar-refractivity contribution in [3.05, 3.63) is 17.7 Å². The Morgan fingerprint density at radius 2 is 1.69 bits per heavy atom. The highest BCUT2D eigenvalue weighted by molar-refractivity contribution is 5.53. The molecule has 7 N–H and O–H groups in total. The average Bonchev–Trinajstić information content (AvgIpc) is 2.12. The number of hydrogen-bond donors (Lipinski definition) is 5. The van der Waals surface area contributed by atoms with Gasteiger partial charge in [-0.1, -0.05) is 0 Å². The van der Waals surface area contributed by atoms with Crippen LogP contribution >= 0.6 is 0 Å². The molecule has 0 saturated heterocycles. The van der Waals surface area contributed by atoms with Crippen molar-refractivity contribution in [3.63, 3.8) is 0 Å². The molecule has 1 aromatic carbocycles. The molecule has 0 aliphatic carbocycles. The number of aromatic hydroxyl groups is 3. The van der Waals surface area contributed by atoms with Gasteiger partial charge in [0.15, 0.2) is 11.5 Å². The SMILES string of the molecule is NCC(N)c1c(O)ccc(O)c1O. The van der Waals surface area contributed by atoms with Crippen molar-refractivity contribution in [2.45, 2.75) is 6.04 Å². The quantitative estimate of drug-likeness (QED) is 0.321. The highest BCUT2D eigenvalue weighted by atomic mass is 16.3. The van der Waals surface area contributed by atoms with Crippen molar-refractivity contribution in [1.82, 2.24) is 0 Å². The summed E-state index contributed by atoms with van der Waals surface area (Å²) in [6, 6.07) is 1.74. The van der Waals surface area contributed by atoms with Gasteiger partial charge >= 0.3 is 0 Å². The topological polar surface area (TPSA) is 113 Å². The fourth-order valence-electron chi connectivity index (χ4n) is 1.07. The van der Waals surface area contributed by atoms with Gasteiger partial charge in [-0.05, 0) is 12.1 Å². The summed E-state index contributed by atoms with van der Waals surface area (Å²) in [6.45, 7) is 0.0740. The third-order valence-corrected chi connectivity index (χ3v) is 1.80. The second kappa shape index (κ2) is 3.51. The molecular formula is C8H12N2O3. The first-order valence-electron chi connectivity index (χ1n) is 3.77. The Hall–Kier alpha value is -1.46. The zero-order chi connectivity index (χ0) is 10.0. The van der Waals surface area contributed by atoms with Crippen LogP contribution in [0.3, 0.4) is 0 Å². The Morgan fingerprint density at radius 3 is 2.23 bits per heavy atom. The molecule has 0 aliphatic rings. The Kier molecular flexibility index (Phi) is 2.60. The van der Waals surface area contributed by atoms with E-state index in [2.05, 4.69) is 0 Å². The number of rotatable bonds is 2. The van der Waals surface area contributed by atoms with Gasteiger partial charge in [-0.25, -0.2) is 0 Å². The molecule has 0 aliphatic heterocycles. The summed E-state index contributed by atoms with van der Waals surface area (Å²) >= 11 is 0. The minimum Gasteiger partial charge on any atom is -0.507 e. The van der Waals surface area contributed by atoms with E-state index in [1.807, 2.05) is 0 Å². The van der Waals surface area contributed by atoms with Gasteiger partial charge in [-0.15, -0.1) is 0 Å². The Labute approximate surface area is 75.2 Å². The molecule has 1 rings (SSSR count). The van der Waals surface area contributed by atoms with Crippen LogP contribution in [0.5, 0.6) is 17.2 Å². The molecule has 0 fully saturated rings. The van der Waals surface area contributed by atoms with E-state index in [0.717, 1.165) is 0 Å². The lowest BCUT2D eigenvalue weighted by Gasteiger charge is -2.13. The molecule has 72 valence electrons. The van der Waals surface area contributed by atoms with Gasteiger partial charge in [-0.2, -0.15) is 0 Å². The van der Waals surface area contributed by atoms with Crippen LogP contribution in [0, 0.1) is 0 Å². The maximum absolute atomic E-state index is 9.33. The number of phenolic OH excluding ortho intramolecular Hbond substituents is 3. The molecule has 0 bridgehead atoms. The third-order valence-electron chi connectivity index (χ3n) is 1.80. The molecule has 0 radical (unpaired) electrons. The van der Waals surface area contributed by atoms with Crippen molar-refractivity contribution in [2.24, 2.45) is 11.5 Å². The maximum Gasteiger partial charge on any atom is 0.166 e. The molecular weight excluding hydrogens is 172 g/mol. The number of phenols is 3. The van der Waals surface area contributed by atoms with E-state index in [1.165, 1.54) is 12.1 Å². The van der Waals surface area contributed by atoms with Gasteiger partial charge in [0.05, 0.1) is 5.56 Å². The molecule has 1 unspecified atom stereocenters. The largest absolute Gasteiger partial charge is 0.507 e. The van der Waals surface area contributed by atoms with Crippen molar-refractivity contribution in [1.29, 1.82) is 0 Å². The van der Waals surface area contributed by atoms with Gasteiger partial charge in [0, 0.05) is 12.6 Å². The fourth-order valence-corrected chi connectivity index (χ4v) is 1.07. The summed E-state index contributed by atoms with van der Waals surface area (Å²) in [6.07, 6.45) is 0. The van der Waals surface area contributed by atoms with Gasteiger partial charge in [0.25, 0.3) is 0 Å². The van der Waals surface area contributed by atoms with Crippen molar-refractivity contribution >= 4 is 0 Å². The van der Waals surface area contributed by atoms with Gasteiger partial charge in [0.2, 0.25) is 0 Å². The molecule has 0 aromatic heterocycles. The maximum atomic E-state index is 9.33. The van der Waals surface area contributed by atoms with E-state index in [1.54, 1.807) is 0 Å². The monoisotopic (exact) mass is 184 g/mol. The van der Waals surface area contributed by atoms with Crippen LogP contribution < -0.4 is 11.5 Å². The molecule has 13 heavy (non-hydrogen) atoms. The van der Waals surface area contributed by atoms with E-state index < -0.39 is 11.8 Å². The van der Waals surface area contributed by atoms with Crippen LogP contribution in [-0.4, -0.2) is 21.9 Å². The van der Waals surface area contributed by atoms with Gasteiger partial charge < -0.3 is 26.8 Å². The lowest BCUT2D eigenvalue weighted by atomic mass is 10.0. The van der Waals surface area contributed by atoms with Crippen LogP contribution in [-0.2, 0) is 0 Å². The second-order valence-electron chi connectivity index (χ2n) is 2.71. The van der Waals surface area contributed by atoms with Crippen LogP contribution in [0.2, 0.25) is 0 Å². The zero-order valence-corrected chi connectivity index (χ0v) is 6.94. The molecule has 0 amide bonds.